The van der Waals surface area contributed by atoms with Crippen LogP contribution in [0, 0.1) is 5.92 Å². The Morgan fingerprint density at radius 1 is 0.938 bits per heavy atom. The number of hydrogen-bond acceptors (Lipinski definition) is 0. The molecule has 1 saturated carbocycles. The minimum atomic E-state index is -2.63. The summed E-state index contributed by atoms with van der Waals surface area (Å²) in [5, 5.41) is 0. The first-order valence-electron chi connectivity index (χ1n) is 5.80. The second-order valence-electron chi connectivity index (χ2n) is 5.72. The van der Waals surface area contributed by atoms with Crippen molar-refractivity contribution in [3.05, 3.63) is 35.4 Å². The topological polar surface area (TPSA) is 0 Å². The van der Waals surface area contributed by atoms with Crippen LogP contribution in [-0.2, 0) is 11.3 Å². The molecule has 0 aliphatic heterocycles. The summed E-state index contributed by atoms with van der Waals surface area (Å²) in [6, 6.07) is 6.81. The smallest absolute Gasteiger partial charge is 0.201 e. The third kappa shape index (κ3) is 2.11. The van der Waals surface area contributed by atoms with Crippen LogP contribution in [-0.4, -0.2) is 0 Å². The van der Waals surface area contributed by atoms with Crippen LogP contribution in [0.1, 0.15) is 44.7 Å². The molecule has 0 heterocycles. The van der Waals surface area contributed by atoms with Gasteiger partial charge in [0.2, 0.25) is 0 Å². The summed E-state index contributed by atoms with van der Waals surface area (Å²) in [4.78, 5) is 0. The fraction of sp³-hybridized carbons (Fsp3) is 0.571. The van der Waals surface area contributed by atoms with Crippen LogP contribution in [0.25, 0.3) is 0 Å². The van der Waals surface area contributed by atoms with Crippen molar-refractivity contribution in [1.82, 2.24) is 0 Å². The number of halogens is 2. The molecule has 0 atom stereocenters. The van der Waals surface area contributed by atoms with E-state index in [1.807, 2.05) is 12.1 Å². The quantitative estimate of drug-likeness (QED) is 0.694. The second-order valence-corrected chi connectivity index (χ2v) is 5.72. The molecule has 0 nitrogen and oxygen atoms in total. The van der Waals surface area contributed by atoms with E-state index in [9.17, 15) is 8.78 Å². The van der Waals surface area contributed by atoms with E-state index in [1.54, 1.807) is 12.1 Å². The molecule has 0 aromatic heterocycles. The standard InChI is InChI=1S/C14H18F2/c1-13(2,3)10-4-6-11(7-5-10)14(15,16)12-8-9-12/h4-7,12H,8-9H2,1-3H3. The van der Waals surface area contributed by atoms with Crippen molar-refractivity contribution >= 4 is 0 Å². The number of hydrogen-bond donors (Lipinski definition) is 0. The highest BCUT2D eigenvalue weighted by atomic mass is 19.3. The molecule has 0 spiro atoms. The van der Waals surface area contributed by atoms with Gasteiger partial charge in [0, 0.05) is 11.5 Å². The van der Waals surface area contributed by atoms with Gasteiger partial charge in [-0.2, -0.15) is 0 Å². The lowest BCUT2D eigenvalue weighted by atomic mass is 9.86. The summed E-state index contributed by atoms with van der Waals surface area (Å²) in [5.74, 6) is -3.05. The average Bonchev–Trinajstić information content (AvgIpc) is 3.00. The van der Waals surface area contributed by atoms with E-state index in [0.29, 0.717) is 12.8 Å². The summed E-state index contributed by atoms with van der Waals surface area (Å²) in [7, 11) is 0. The molecule has 0 N–H and O–H groups in total. The first-order chi connectivity index (χ1) is 7.32. The Balaban J connectivity index is 2.25. The molecule has 0 amide bonds. The van der Waals surface area contributed by atoms with E-state index >= 15 is 0 Å². The molecule has 1 fully saturated rings. The lowest BCUT2D eigenvalue weighted by Crippen LogP contribution is -2.17. The molecule has 1 aromatic carbocycles. The molecule has 0 radical (unpaired) electrons. The summed E-state index contributed by atoms with van der Waals surface area (Å²) in [5.41, 5.74) is 1.29. The Hall–Kier alpha value is -0.920. The Bertz CT molecular complexity index is 367. The molecular weight excluding hydrogens is 206 g/mol. The molecule has 88 valence electrons. The summed E-state index contributed by atoms with van der Waals surface area (Å²) >= 11 is 0. The van der Waals surface area contributed by atoms with Gasteiger partial charge in [0.15, 0.2) is 0 Å². The zero-order valence-electron chi connectivity index (χ0n) is 10.1. The zero-order valence-corrected chi connectivity index (χ0v) is 10.1. The third-order valence-electron chi connectivity index (χ3n) is 3.23. The second kappa shape index (κ2) is 3.54. The SMILES string of the molecule is CC(C)(C)c1ccc(C(F)(F)C2CC2)cc1. The van der Waals surface area contributed by atoms with Gasteiger partial charge in [-0.05, 0) is 23.8 Å². The van der Waals surface area contributed by atoms with E-state index in [-0.39, 0.29) is 11.0 Å². The maximum absolute atomic E-state index is 13.8. The Morgan fingerprint density at radius 2 is 1.38 bits per heavy atom. The van der Waals surface area contributed by atoms with Gasteiger partial charge in [0.05, 0.1) is 0 Å². The molecule has 1 aliphatic rings. The minimum absolute atomic E-state index is 0.0212. The van der Waals surface area contributed by atoms with Crippen molar-refractivity contribution in [2.24, 2.45) is 5.92 Å². The van der Waals surface area contributed by atoms with Crippen molar-refractivity contribution in [1.29, 1.82) is 0 Å². The predicted octanol–water partition coefficient (Wildman–Crippen LogP) is 4.49. The molecule has 0 unspecified atom stereocenters. The fourth-order valence-electron chi connectivity index (χ4n) is 1.87. The molecular formula is C14H18F2. The maximum atomic E-state index is 13.8. The van der Waals surface area contributed by atoms with Crippen molar-refractivity contribution in [3.8, 4) is 0 Å². The lowest BCUT2D eigenvalue weighted by Gasteiger charge is -2.21. The predicted molar refractivity (Wildman–Crippen MR) is 61.8 cm³/mol. The highest BCUT2D eigenvalue weighted by Gasteiger charge is 2.47. The van der Waals surface area contributed by atoms with Crippen molar-refractivity contribution in [2.45, 2.75) is 45.0 Å². The van der Waals surface area contributed by atoms with Crippen LogP contribution in [0.4, 0.5) is 8.78 Å². The normalized spacial score (nSPS) is 17.6. The number of benzene rings is 1. The molecule has 0 bridgehead atoms. The molecule has 2 rings (SSSR count). The van der Waals surface area contributed by atoms with E-state index in [0.717, 1.165) is 5.56 Å². The van der Waals surface area contributed by atoms with E-state index in [1.165, 1.54) is 0 Å². The third-order valence-corrected chi connectivity index (χ3v) is 3.23. The highest BCUT2D eigenvalue weighted by Crippen LogP contribution is 2.49. The largest absolute Gasteiger partial charge is 0.276 e. The van der Waals surface area contributed by atoms with E-state index in [2.05, 4.69) is 20.8 Å². The number of rotatable bonds is 2. The van der Waals surface area contributed by atoms with Gasteiger partial charge in [0.25, 0.3) is 5.92 Å². The fourth-order valence-corrected chi connectivity index (χ4v) is 1.87. The van der Waals surface area contributed by atoms with Gasteiger partial charge in [-0.25, -0.2) is 8.78 Å². The number of alkyl halides is 2. The lowest BCUT2D eigenvalue weighted by molar-refractivity contribution is -0.0285. The Morgan fingerprint density at radius 3 is 1.75 bits per heavy atom. The first kappa shape index (κ1) is 11.6. The summed E-state index contributed by atoms with van der Waals surface area (Å²) in [6.45, 7) is 6.25. The monoisotopic (exact) mass is 224 g/mol. The van der Waals surface area contributed by atoms with Crippen molar-refractivity contribution < 1.29 is 8.78 Å². The van der Waals surface area contributed by atoms with Crippen molar-refractivity contribution in [2.75, 3.05) is 0 Å². The molecule has 1 aliphatic carbocycles. The van der Waals surface area contributed by atoms with Crippen LogP contribution in [0.3, 0.4) is 0 Å². The van der Waals surface area contributed by atoms with E-state index in [4.69, 9.17) is 0 Å². The van der Waals surface area contributed by atoms with Gasteiger partial charge >= 0.3 is 0 Å². The van der Waals surface area contributed by atoms with Crippen LogP contribution in [0.5, 0.6) is 0 Å². The highest BCUT2D eigenvalue weighted by molar-refractivity contribution is 5.30. The van der Waals surface area contributed by atoms with Crippen LogP contribution in [0.15, 0.2) is 24.3 Å². The molecule has 16 heavy (non-hydrogen) atoms. The molecule has 1 aromatic rings. The minimum Gasteiger partial charge on any atom is -0.201 e. The van der Waals surface area contributed by atoms with Gasteiger partial charge in [-0.15, -0.1) is 0 Å². The Labute approximate surface area is 95.7 Å². The first-order valence-corrected chi connectivity index (χ1v) is 5.80. The van der Waals surface area contributed by atoms with E-state index < -0.39 is 11.8 Å². The summed E-state index contributed by atoms with van der Waals surface area (Å²) < 4.78 is 27.5. The molecule has 2 heteroatoms. The van der Waals surface area contributed by atoms with Gasteiger partial charge < -0.3 is 0 Å². The average molecular weight is 224 g/mol. The summed E-state index contributed by atoms with van der Waals surface area (Å²) in [6.07, 6.45) is 1.32. The van der Waals surface area contributed by atoms with Crippen molar-refractivity contribution in [3.63, 3.8) is 0 Å². The van der Waals surface area contributed by atoms with Gasteiger partial charge in [0.1, 0.15) is 0 Å². The zero-order chi connectivity index (χ0) is 12.0. The van der Waals surface area contributed by atoms with Gasteiger partial charge in [-0.1, -0.05) is 45.0 Å². The Kier molecular flexibility index (Phi) is 2.56. The van der Waals surface area contributed by atoms with Crippen LogP contribution >= 0.6 is 0 Å². The van der Waals surface area contributed by atoms with Crippen LogP contribution < -0.4 is 0 Å². The van der Waals surface area contributed by atoms with Gasteiger partial charge in [-0.3, -0.25) is 0 Å². The molecule has 0 saturated heterocycles. The van der Waals surface area contributed by atoms with Crippen LogP contribution in [0.2, 0.25) is 0 Å². The maximum Gasteiger partial charge on any atom is 0.276 e.